The van der Waals surface area contributed by atoms with Crippen LogP contribution in [-0.2, 0) is 19.1 Å². The van der Waals surface area contributed by atoms with E-state index in [0.29, 0.717) is 19.4 Å². The molecule has 0 spiro atoms. The first-order chi connectivity index (χ1) is 17.6. The highest BCUT2D eigenvalue weighted by atomic mass is 16.5. The summed E-state index contributed by atoms with van der Waals surface area (Å²) in [5, 5.41) is 5.33. The van der Waals surface area contributed by atoms with Crippen LogP contribution in [0.1, 0.15) is 65.2 Å². The molecule has 0 bridgehead atoms. The van der Waals surface area contributed by atoms with E-state index in [0.717, 1.165) is 50.7 Å². The zero-order valence-corrected chi connectivity index (χ0v) is 22.0. The molecule has 0 saturated heterocycles. The van der Waals surface area contributed by atoms with Crippen LogP contribution in [0.2, 0.25) is 0 Å². The zero-order chi connectivity index (χ0) is 26.5. The van der Waals surface area contributed by atoms with Crippen molar-refractivity contribution in [3.05, 3.63) is 85.1 Å². The van der Waals surface area contributed by atoms with Crippen molar-refractivity contribution in [2.24, 2.45) is 0 Å². The van der Waals surface area contributed by atoms with Gasteiger partial charge in [0.25, 0.3) is 0 Å². The Bertz CT molecular complexity index is 802. The number of hydrogen-bond donors (Lipinski definition) is 2. The molecule has 0 saturated carbocycles. The Labute approximate surface area is 217 Å². The second-order valence-corrected chi connectivity index (χ2v) is 7.68. The van der Waals surface area contributed by atoms with E-state index in [1.54, 1.807) is 6.92 Å². The lowest BCUT2D eigenvalue weighted by Crippen LogP contribution is -2.33. The minimum Gasteiger partial charge on any atom is -0.463 e. The number of rotatable bonds is 20. The number of ether oxygens (including phenoxy) is 1. The van der Waals surface area contributed by atoms with Crippen LogP contribution < -0.4 is 10.6 Å². The minimum absolute atomic E-state index is 0.0640. The Hall–Kier alpha value is -3.41. The van der Waals surface area contributed by atoms with Gasteiger partial charge in [-0.15, -0.1) is 0 Å². The normalized spacial score (nSPS) is 12.4. The number of allylic oxidation sites excluding steroid dienone is 12. The first-order valence-electron chi connectivity index (χ1n) is 12.9. The van der Waals surface area contributed by atoms with Gasteiger partial charge in [0.05, 0.1) is 6.61 Å². The molecule has 2 N–H and O–H groups in total. The summed E-state index contributed by atoms with van der Waals surface area (Å²) >= 11 is 0. The van der Waals surface area contributed by atoms with E-state index in [4.69, 9.17) is 0 Å². The van der Waals surface area contributed by atoms with Crippen molar-refractivity contribution in [3.63, 3.8) is 0 Å². The Morgan fingerprint density at radius 2 is 1.08 bits per heavy atom. The second-order valence-electron chi connectivity index (χ2n) is 7.68. The molecule has 0 fully saturated rings. The molecule has 0 aromatic heterocycles. The van der Waals surface area contributed by atoms with Crippen molar-refractivity contribution in [2.45, 2.75) is 65.2 Å². The number of esters is 1. The predicted molar refractivity (Wildman–Crippen MR) is 149 cm³/mol. The Balaban J connectivity index is 3.67. The average molecular weight is 497 g/mol. The van der Waals surface area contributed by atoms with Gasteiger partial charge in [0, 0.05) is 31.7 Å². The molecule has 6 nitrogen and oxygen atoms in total. The maximum absolute atomic E-state index is 11.8. The maximum Gasteiger partial charge on any atom is 0.330 e. The third kappa shape index (κ3) is 25.2. The van der Waals surface area contributed by atoms with Gasteiger partial charge in [0.1, 0.15) is 0 Å². The molecular formula is C30H44N2O4. The first-order valence-corrected chi connectivity index (χ1v) is 12.9. The molecule has 198 valence electrons. The highest BCUT2D eigenvalue weighted by Crippen LogP contribution is 1.97. The summed E-state index contributed by atoms with van der Waals surface area (Å²) in [5.41, 5.74) is 0. The monoisotopic (exact) mass is 496 g/mol. The summed E-state index contributed by atoms with van der Waals surface area (Å²) in [4.78, 5) is 34.4. The molecule has 0 aliphatic carbocycles. The fourth-order valence-corrected chi connectivity index (χ4v) is 2.72. The van der Waals surface area contributed by atoms with Gasteiger partial charge in [0.15, 0.2) is 0 Å². The summed E-state index contributed by atoms with van der Waals surface area (Å²) in [6, 6.07) is 0. The predicted octanol–water partition coefficient (Wildman–Crippen LogP) is 5.82. The van der Waals surface area contributed by atoms with E-state index in [9.17, 15) is 14.4 Å². The van der Waals surface area contributed by atoms with Crippen LogP contribution >= 0.6 is 0 Å². The summed E-state index contributed by atoms with van der Waals surface area (Å²) in [7, 11) is 0. The molecule has 0 aliphatic rings. The van der Waals surface area contributed by atoms with Crippen molar-refractivity contribution in [2.75, 3.05) is 19.7 Å². The topological polar surface area (TPSA) is 84.5 Å². The van der Waals surface area contributed by atoms with Crippen molar-refractivity contribution < 1.29 is 19.1 Å². The van der Waals surface area contributed by atoms with E-state index in [-0.39, 0.29) is 19.1 Å². The van der Waals surface area contributed by atoms with Gasteiger partial charge in [0.2, 0.25) is 11.8 Å². The summed E-state index contributed by atoms with van der Waals surface area (Å²) in [6.07, 6.45) is 34.9. The van der Waals surface area contributed by atoms with E-state index >= 15 is 0 Å². The van der Waals surface area contributed by atoms with Gasteiger partial charge in [-0.25, -0.2) is 4.79 Å². The largest absolute Gasteiger partial charge is 0.463 e. The molecule has 36 heavy (non-hydrogen) atoms. The number of hydrogen-bond acceptors (Lipinski definition) is 4. The molecule has 2 amide bonds. The maximum atomic E-state index is 11.8. The quantitative estimate of drug-likeness (QED) is 0.0963. The summed E-state index contributed by atoms with van der Waals surface area (Å²) in [5.74, 6) is -1.03. The lowest BCUT2D eigenvalue weighted by molar-refractivity contribution is -0.137. The van der Waals surface area contributed by atoms with Crippen LogP contribution in [0.4, 0.5) is 0 Å². The number of carbonyl (C=O) groups excluding carboxylic acids is 3. The van der Waals surface area contributed by atoms with Crippen molar-refractivity contribution in [1.29, 1.82) is 0 Å². The van der Waals surface area contributed by atoms with Gasteiger partial charge in [-0.3, -0.25) is 9.59 Å². The lowest BCUT2D eigenvalue weighted by Gasteiger charge is -2.04. The van der Waals surface area contributed by atoms with Gasteiger partial charge in [-0.05, 0) is 51.9 Å². The number of amides is 2. The fraction of sp³-hybridized carbons (Fsp3) is 0.433. The smallest absolute Gasteiger partial charge is 0.330 e. The summed E-state index contributed by atoms with van der Waals surface area (Å²) < 4.78 is 4.68. The molecule has 0 rings (SSSR count). The third-order valence-electron chi connectivity index (χ3n) is 4.54. The molecular weight excluding hydrogens is 452 g/mol. The Kier molecular flexibility index (Phi) is 23.7. The zero-order valence-electron chi connectivity index (χ0n) is 22.0. The molecule has 0 aliphatic heterocycles. The first kappa shape index (κ1) is 32.6. The SMILES string of the molecule is CC/C=C\C/C=C\C/C=C\C/C=C\C/C=C\C/C=C\CCC(=O)NCCNC(=O)/C=C/C(=O)OCC. The van der Waals surface area contributed by atoms with E-state index in [1.165, 1.54) is 0 Å². The molecule has 0 radical (unpaired) electrons. The van der Waals surface area contributed by atoms with Crippen LogP contribution in [0.3, 0.4) is 0 Å². The van der Waals surface area contributed by atoms with Gasteiger partial charge < -0.3 is 15.4 Å². The van der Waals surface area contributed by atoms with E-state index in [1.807, 2.05) is 6.08 Å². The highest BCUT2D eigenvalue weighted by Gasteiger charge is 2.00. The molecule has 0 aromatic rings. The van der Waals surface area contributed by atoms with Crippen molar-refractivity contribution >= 4 is 17.8 Å². The van der Waals surface area contributed by atoms with E-state index in [2.05, 4.69) is 89.1 Å². The van der Waals surface area contributed by atoms with Crippen molar-refractivity contribution in [1.82, 2.24) is 10.6 Å². The molecule has 6 heteroatoms. The van der Waals surface area contributed by atoms with Crippen LogP contribution in [0.15, 0.2) is 85.1 Å². The van der Waals surface area contributed by atoms with Gasteiger partial charge in [-0.1, -0.05) is 79.8 Å². The Morgan fingerprint density at radius 1 is 0.611 bits per heavy atom. The lowest BCUT2D eigenvalue weighted by atomic mass is 10.2. The third-order valence-corrected chi connectivity index (χ3v) is 4.54. The number of carbonyl (C=O) groups is 3. The van der Waals surface area contributed by atoms with Gasteiger partial charge in [-0.2, -0.15) is 0 Å². The standard InChI is InChI=1S/C30H44N2O4/c1-3-5-6-7-8-9-10-11-12-13-14-15-16-17-18-19-20-21-22-23-28(33)31-26-27-32-29(34)24-25-30(35)36-4-2/h5-6,8-9,11-12,14-15,17-18,20-21,24-25H,3-4,7,10,13,16,19,22-23,26-27H2,1-2H3,(H,31,33)(H,32,34)/b6-5-,9-8-,12-11-,15-14-,18-17-,21-20-,25-24+. The average Bonchev–Trinajstić information content (AvgIpc) is 2.87. The molecule has 0 heterocycles. The Morgan fingerprint density at radius 3 is 1.58 bits per heavy atom. The second kappa shape index (κ2) is 26.2. The molecule has 0 atom stereocenters. The molecule has 0 unspecified atom stereocenters. The van der Waals surface area contributed by atoms with Crippen LogP contribution in [0.25, 0.3) is 0 Å². The summed E-state index contributed by atoms with van der Waals surface area (Å²) in [6.45, 7) is 4.72. The fourth-order valence-electron chi connectivity index (χ4n) is 2.72. The minimum atomic E-state index is -0.560. The highest BCUT2D eigenvalue weighted by molar-refractivity contribution is 5.94. The van der Waals surface area contributed by atoms with Crippen LogP contribution in [-0.4, -0.2) is 37.5 Å². The van der Waals surface area contributed by atoms with Gasteiger partial charge >= 0.3 is 5.97 Å². The van der Waals surface area contributed by atoms with Crippen LogP contribution in [0, 0.1) is 0 Å². The van der Waals surface area contributed by atoms with Crippen molar-refractivity contribution in [3.8, 4) is 0 Å². The number of nitrogens with one attached hydrogen (secondary N) is 2. The van der Waals surface area contributed by atoms with E-state index < -0.39 is 11.9 Å². The molecule has 0 aromatic carbocycles. The van der Waals surface area contributed by atoms with Crippen LogP contribution in [0.5, 0.6) is 0 Å².